The third kappa shape index (κ3) is 4.12. The van der Waals surface area contributed by atoms with E-state index in [2.05, 4.69) is 15.3 Å². The molecule has 152 valence electrons. The smallest absolute Gasteiger partial charge is 0.255 e. The second kappa shape index (κ2) is 8.28. The number of hydrogen-bond donors (Lipinski definition) is 0. The van der Waals surface area contributed by atoms with Gasteiger partial charge in [-0.3, -0.25) is 9.48 Å². The molecule has 0 fully saturated rings. The molecule has 8 heteroatoms. The maximum Gasteiger partial charge on any atom is 0.255 e. The number of rotatable bonds is 6. The Bertz CT molecular complexity index is 1150. The highest BCUT2D eigenvalue weighted by molar-refractivity contribution is 5.97. The number of benzene rings is 2. The Balaban J connectivity index is 1.46. The van der Waals surface area contributed by atoms with E-state index >= 15 is 0 Å². The van der Waals surface area contributed by atoms with Crippen molar-refractivity contribution in [2.24, 2.45) is 0 Å². The molecular formula is C22H21FN6O. The molecule has 2 heterocycles. The lowest BCUT2D eigenvalue weighted by Crippen LogP contribution is -2.31. The predicted molar refractivity (Wildman–Crippen MR) is 111 cm³/mol. The van der Waals surface area contributed by atoms with Gasteiger partial charge in [0.25, 0.3) is 5.91 Å². The van der Waals surface area contributed by atoms with Crippen molar-refractivity contribution in [3.05, 3.63) is 84.2 Å². The summed E-state index contributed by atoms with van der Waals surface area (Å²) in [7, 11) is 1.76. The molecular weight excluding hydrogens is 383 g/mol. The molecule has 7 nitrogen and oxygen atoms in total. The topological polar surface area (TPSA) is 68.8 Å². The van der Waals surface area contributed by atoms with Crippen LogP contribution in [0.3, 0.4) is 0 Å². The Labute approximate surface area is 173 Å². The van der Waals surface area contributed by atoms with Crippen molar-refractivity contribution >= 4 is 5.91 Å². The number of likely N-dealkylation sites (N-methyl/N-ethyl adjacent to an activating group) is 1. The van der Waals surface area contributed by atoms with Crippen molar-refractivity contribution in [1.82, 2.24) is 29.7 Å². The SMILES string of the molecule is Cc1ccc(-n2nccn2)c(C(=O)N(C)CCn2cc(-c3ccc(F)cc3)cn2)c1. The molecule has 0 aliphatic carbocycles. The number of hydrogen-bond acceptors (Lipinski definition) is 4. The van der Waals surface area contributed by atoms with E-state index in [4.69, 9.17) is 0 Å². The van der Waals surface area contributed by atoms with Crippen LogP contribution in [0.15, 0.2) is 67.3 Å². The first-order chi connectivity index (χ1) is 14.5. The summed E-state index contributed by atoms with van der Waals surface area (Å²) in [6.45, 7) is 2.95. The Morgan fingerprint density at radius 1 is 1.03 bits per heavy atom. The molecule has 0 saturated heterocycles. The van der Waals surface area contributed by atoms with Crippen LogP contribution >= 0.6 is 0 Å². The van der Waals surface area contributed by atoms with Gasteiger partial charge in [-0.15, -0.1) is 0 Å². The number of amides is 1. The lowest BCUT2D eigenvalue weighted by molar-refractivity contribution is 0.0788. The van der Waals surface area contributed by atoms with Gasteiger partial charge < -0.3 is 4.90 Å². The molecule has 0 radical (unpaired) electrons. The van der Waals surface area contributed by atoms with Gasteiger partial charge in [0.2, 0.25) is 0 Å². The van der Waals surface area contributed by atoms with Gasteiger partial charge >= 0.3 is 0 Å². The molecule has 0 unspecified atom stereocenters. The molecule has 4 aromatic rings. The summed E-state index contributed by atoms with van der Waals surface area (Å²) in [6.07, 6.45) is 6.77. The first-order valence-electron chi connectivity index (χ1n) is 9.52. The van der Waals surface area contributed by atoms with Gasteiger partial charge in [0.05, 0.1) is 36.4 Å². The van der Waals surface area contributed by atoms with Crippen LogP contribution in [0.1, 0.15) is 15.9 Å². The second-order valence-electron chi connectivity index (χ2n) is 7.06. The molecule has 0 atom stereocenters. The van der Waals surface area contributed by atoms with Gasteiger partial charge in [0, 0.05) is 25.4 Å². The molecule has 0 aliphatic heterocycles. The largest absolute Gasteiger partial charge is 0.340 e. The summed E-state index contributed by atoms with van der Waals surface area (Å²) >= 11 is 0. The van der Waals surface area contributed by atoms with Gasteiger partial charge in [-0.25, -0.2) is 4.39 Å². The van der Waals surface area contributed by atoms with Crippen molar-refractivity contribution in [2.45, 2.75) is 13.5 Å². The van der Waals surface area contributed by atoms with Crippen LogP contribution in [0, 0.1) is 12.7 Å². The standard InChI is InChI=1S/C22H21FN6O/c1-16-3-8-21(29-24-9-10-25-29)20(13-16)22(30)27(2)11-12-28-15-18(14-26-28)17-4-6-19(23)7-5-17/h3-10,13-15H,11-12H2,1-2H3. The van der Waals surface area contributed by atoms with Gasteiger partial charge in [0.1, 0.15) is 5.82 Å². The van der Waals surface area contributed by atoms with Crippen molar-refractivity contribution < 1.29 is 9.18 Å². The third-order valence-electron chi connectivity index (χ3n) is 4.84. The minimum Gasteiger partial charge on any atom is -0.340 e. The summed E-state index contributed by atoms with van der Waals surface area (Å²) < 4.78 is 14.9. The summed E-state index contributed by atoms with van der Waals surface area (Å²) in [5, 5.41) is 12.6. The molecule has 0 spiro atoms. The van der Waals surface area contributed by atoms with E-state index in [-0.39, 0.29) is 11.7 Å². The minimum absolute atomic E-state index is 0.114. The first-order valence-corrected chi connectivity index (χ1v) is 9.52. The fraction of sp³-hybridized carbons (Fsp3) is 0.182. The van der Waals surface area contributed by atoms with Gasteiger partial charge in [0.15, 0.2) is 0 Å². The lowest BCUT2D eigenvalue weighted by atomic mass is 10.1. The summed E-state index contributed by atoms with van der Waals surface area (Å²) in [4.78, 5) is 16.2. The maximum absolute atomic E-state index is 13.1. The van der Waals surface area contributed by atoms with Gasteiger partial charge in [-0.2, -0.15) is 20.1 Å². The molecule has 4 rings (SSSR count). The van der Waals surface area contributed by atoms with Crippen LogP contribution in [0.4, 0.5) is 4.39 Å². The fourth-order valence-electron chi connectivity index (χ4n) is 3.17. The molecule has 1 amide bonds. The number of aromatic nitrogens is 5. The van der Waals surface area contributed by atoms with Crippen molar-refractivity contribution in [3.8, 4) is 16.8 Å². The fourth-order valence-corrected chi connectivity index (χ4v) is 3.17. The Morgan fingerprint density at radius 3 is 2.50 bits per heavy atom. The maximum atomic E-state index is 13.1. The average molecular weight is 404 g/mol. The Morgan fingerprint density at radius 2 is 1.77 bits per heavy atom. The van der Waals surface area contributed by atoms with Gasteiger partial charge in [-0.1, -0.05) is 23.8 Å². The molecule has 0 aliphatic rings. The average Bonchev–Trinajstić information content (AvgIpc) is 3.44. The zero-order valence-electron chi connectivity index (χ0n) is 16.7. The van der Waals surface area contributed by atoms with E-state index in [1.54, 1.807) is 47.4 Å². The van der Waals surface area contributed by atoms with Crippen LogP contribution in [0.2, 0.25) is 0 Å². The van der Waals surface area contributed by atoms with E-state index in [0.717, 1.165) is 16.7 Å². The van der Waals surface area contributed by atoms with Crippen molar-refractivity contribution in [3.63, 3.8) is 0 Å². The van der Waals surface area contributed by atoms with E-state index < -0.39 is 0 Å². The molecule has 2 aromatic carbocycles. The summed E-state index contributed by atoms with van der Waals surface area (Å²) in [5.41, 5.74) is 3.96. The van der Waals surface area contributed by atoms with E-state index in [1.165, 1.54) is 16.9 Å². The van der Waals surface area contributed by atoms with Crippen molar-refractivity contribution in [1.29, 1.82) is 0 Å². The number of aryl methyl sites for hydroxylation is 1. The highest BCUT2D eigenvalue weighted by Gasteiger charge is 2.18. The number of halogens is 1. The molecule has 0 bridgehead atoms. The molecule has 2 aromatic heterocycles. The van der Waals surface area contributed by atoms with Crippen LogP contribution < -0.4 is 0 Å². The quantitative estimate of drug-likeness (QED) is 0.494. The Kier molecular flexibility index (Phi) is 5.38. The summed E-state index contributed by atoms with van der Waals surface area (Å²) in [5.74, 6) is -0.385. The molecule has 0 saturated carbocycles. The Hall–Kier alpha value is -3.81. The highest BCUT2D eigenvalue weighted by atomic mass is 19.1. The van der Waals surface area contributed by atoms with Crippen LogP contribution in [0.25, 0.3) is 16.8 Å². The lowest BCUT2D eigenvalue weighted by Gasteiger charge is -2.19. The van der Waals surface area contributed by atoms with E-state index in [0.29, 0.717) is 24.3 Å². The normalized spacial score (nSPS) is 10.9. The minimum atomic E-state index is -0.271. The summed E-state index contributed by atoms with van der Waals surface area (Å²) in [6, 6.07) is 11.9. The van der Waals surface area contributed by atoms with Crippen LogP contribution in [-0.4, -0.2) is 49.2 Å². The number of nitrogens with zero attached hydrogens (tertiary/aromatic N) is 6. The predicted octanol–water partition coefficient (Wildman–Crippen LogP) is 3.35. The third-order valence-corrected chi connectivity index (χ3v) is 4.84. The molecule has 30 heavy (non-hydrogen) atoms. The zero-order chi connectivity index (χ0) is 21.1. The van der Waals surface area contributed by atoms with Crippen LogP contribution in [-0.2, 0) is 6.54 Å². The second-order valence-corrected chi connectivity index (χ2v) is 7.06. The van der Waals surface area contributed by atoms with Crippen molar-refractivity contribution in [2.75, 3.05) is 13.6 Å². The van der Waals surface area contributed by atoms with E-state index in [1.807, 2.05) is 31.3 Å². The first kappa shape index (κ1) is 19.5. The number of carbonyl (C=O) groups is 1. The zero-order valence-corrected chi connectivity index (χ0v) is 16.7. The van der Waals surface area contributed by atoms with Crippen LogP contribution in [0.5, 0.6) is 0 Å². The molecule has 0 N–H and O–H groups in total. The van der Waals surface area contributed by atoms with Gasteiger partial charge in [-0.05, 0) is 36.8 Å². The number of carbonyl (C=O) groups excluding carboxylic acids is 1. The van der Waals surface area contributed by atoms with E-state index in [9.17, 15) is 9.18 Å². The monoisotopic (exact) mass is 404 g/mol. The highest BCUT2D eigenvalue weighted by Crippen LogP contribution is 2.19.